The lowest BCUT2D eigenvalue weighted by Gasteiger charge is -2.29. The van der Waals surface area contributed by atoms with Gasteiger partial charge in [0.05, 0.1) is 23.6 Å². The lowest BCUT2D eigenvalue weighted by Crippen LogP contribution is -2.23. The van der Waals surface area contributed by atoms with E-state index in [2.05, 4.69) is 48.9 Å². The van der Waals surface area contributed by atoms with Crippen LogP contribution in [0.15, 0.2) is 48.5 Å². The third-order valence-electron chi connectivity index (χ3n) is 6.73. The normalized spacial score (nSPS) is 13.8. The van der Waals surface area contributed by atoms with Crippen LogP contribution in [-0.2, 0) is 11.8 Å². The number of aliphatic hydroxyl groups is 1. The number of aromatic nitrogens is 1. The monoisotopic (exact) mass is 488 g/mol. The standard InChI is InChI=1S/C30H36N2O4/c1-5-25-22(29(34)35)10-11-26(31-25)21-9-13-28(36-17-16-33)23(18-21)20-8-12-27(32-14-6-7-15-32)24(19-20)30(2,3)4/h8-13,18-19,33H,5-7,14-17H2,1-4H3,(H,34,35). The fourth-order valence-corrected chi connectivity index (χ4v) is 4.86. The van der Waals surface area contributed by atoms with Crippen molar-refractivity contribution in [1.82, 2.24) is 4.98 Å². The second kappa shape index (κ2) is 10.7. The van der Waals surface area contributed by atoms with Gasteiger partial charge in [0.2, 0.25) is 0 Å². The molecule has 3 aromatic rings. The summed E-state index contributed by atoms with van der Waals surface area (Å²) in [6, 6.07) is 15.9. The Kier molecular flexibility index (Phi) is 7.65. The second-order valence-corrected chi connectivity index (χ2v) is 10.3. The summed E-state index contributed by atoms with van der Waals surface area (Å²) in [5, 5.41) is 18.9. The van der Waals surface area contributed by atoms with E-state index in [0.29, 0.717) is 17.9 Å². The van der Waals surface area contributed by atoms with Crippen LogP contribution < -0.4 is 9.64 Å². The zero-order valence-electron chi connectivity index (χ0n) is 21.7. The fourth-order valence-electron chi connectivity index (χ4n) is 4.86. The molecule has 2 N–H and O–H groups in total. The molecule has 0 spiro atoms. The largest absolute Gasteiger partial charge is 0.491 e. The maximum atomic E-state index is 11.6. The minimum absolute atomic E-state index is 0.0398. The predicted molar refractivity (Wildman–Crippen MR) is 144 cm³/mol. The molecule has 36 heavy (non-hydrogen) atoms. The first-order chi connectivity index (χ1) is 17.2. The molecule has 1 aliphatic heterocycles. The van der Waals surface area contributed by atoms with Crippen LogP contribution in [0.2, 0.25) is 0 Å². The van der Waals surface area contributed by atoms with E-state index in [1.165, 1.54) is 24.1 Å². The van der Waals surface area contributed by atoms with Gasteiger partial charge in [-0.25, -0.2) is 4.79 Å². The van der Waals surface area contributed by atoms with E-state index < -0.39 is 5.97 Å². The van der Waals surface area contributed by atoms with Crippen molar-refractivity contribution in [2.45, 2.75) is 52.4 Å². The van der Waals surface area contributed by atoms with Crippen LogP contribution >= 0.6 is 0 Å². The predicted octanol–water partition coefficient (Wildman–Crippen LogP) is 5.95. The number of carbonyl (C=O) groups is 1. The average molecular weight is 489 g/mol. The zero-order chi connectivity index (χ0) is 25.9. The van der Waals surface area contributed by atoms with E-state index >= 15 is 0 Å². The van der Waals surface area contributed by atoms with Gasteiger partial charge in [-0.3, -0.25) is 4.98 Å². The third-order valence-corrected chi connectivity index (χ3v) is 6.73. The number of carboxylic acid groups (broad SMARTS) is 1. The number of aliphatic hydroxyl groups excluding tert-OH is 1. The van der Waals surface area contributed by atoms with Crippen molar-refractivity contribution in [1.29, 1.82) is 0 Å². The molecular weight excluding hydrogens is 452 g/mol. The van der Waals surface area contributed by atoms with E-state index in [1.807, 2.05) is 25.1 Å². The average Bonchev–Trinajstić information content (AvgIpc) is 3.41. The molecule has 1 aliphatic rings. The molecule has 0 saturated carbocycles. The minimum atomic E-state index is -0.966. The van der Waals surface area contributed by atoms with E-state index in [0.717, 1.165) is 35.5 Å². The van der Waals surface area contributed by atoms with Crippen molar-refractivity contribution in [3.05, 3.63) is 65.4 Å². The minimum Gasteiger partial charge on any atom is -0.491 e. The van der Waals surface area contributed by atoms with Crippen molar-refractivity contribution in [3.8, 4) is 28.1 Å². The van der Waals surface area contributed by atoms with Gasteiger partial charge in [0.1, 0.15) is 12.4 Å². The van der Waals surface area contributed by atoms with E-state index in [1.54, 1.807) is 12.1 Å². The number of nitrogens with zero attached hydrogens (tertiary/aromatic N) is 2. The summed E-state index contributed by atoms with van der Waals surface area (Å²) in [5.74, 6) is -0.272. The first kappa shape index (κ1) is 25.7. The molecule has 0 radical (unpaired) electrons. The van der Waals surface area contributed by atoms with E-state index in [9.17, 15) is 15.0 Å². The maximum Gasteiger partial charge on any atom is 0.337 e. The Balaban J connectivity index is 1.84. The quantitative estimate of drug-likeness (QED) is 0.408. The van der Waals surface area contributed by atoms with Gasteiger partial charge in [0, 0.05) is 29.9 Å². The van der Waals surface area contributed by atoms with Crippen LogP contribution in [0, 0.1) is 0 Å². The molecule has 6 nitrogen and oxygen atoms in total. The smallest absolute Gasteiger partial charge is 0.337 e. The van der Waals surface area contributed by atoms with Crippen molar-refractivity contribution in [3.63, 3.8) is 0 Å². The van der Waals surface area contributed by atoms with Gasteiger partial charge in [-0.05, 0) is 78.3 Å². The van der Waals surface area contributed by atoms with Crippen LogP contribution in [-0.4, -0.2) is 47.5 Å². The van der Waals surface area contributed by atoms with E-state index in [4.69, 9.17) is 4.74 Å². The summed E-state index contributed by atoms with van der Waals surface area (Å²) >= 11 is 0. The molecule has 1 fully saturated rings. The third kappa shape index (κ3) is 5.39. The number of aromatic carboxylic acids is 1. The van der Waals surface area contributed by atoms with Crippen molar-refractivity contribution in [2.75, 3.05) is 31.2 Å². The highest BCUT2D eigenvalue weighted by Crippen LogP contribution is 2.40. The summed E-state index contributed by atoms with van der Waals surface area (Å²) in [6.45, 7) is 10.9. The van der Waals surface area contributed by atoms with Crippen LogP contribution in [0.1, 0.15) is 62.2 Å². The number of anilines is 1. The number of hydrogen-bond acceptors (Lipinski definition) is 5. The first-order valence-corrected chi connectivity index (χ1v) is 12.7. The zero-order valence-corrected chi connectivity index (χ0v) is 21.7. The Bertz CT molecular complexity index is 1240. The SMILES string of the molecule is CCc1nc(-c2ccc(OCCO)c(-c3ccc(N4CCCC4)c(C(C)(C)C)c3)c2)ccc1C(=O)O. The topological polar surface area (TPSA) is 82.9 Å². The molecule has 0 unspecified atom stereocenters. The molecule has 0 aliphatic carbocycles. The lowest BCUT2D eigenvalue weighted by atomic mass is 9.83. The van der Waals surface area contributed by atoms with Crippen LogP contribution in [0.5, 0.6) is 5.75 Å². The van der Waals surface area contributed by atoms with Gasteiger partial charge in [0.25, 0.3) is 0 Å². The fraction of sp³-hybridized carbons (Fsp3) is 0.400. The summed E-state index contributed by atoms with van der Waals surface area (Å²) in [5.41, 5.74) is 6.89. The van der Waals surface area contributed by atoms with Gasteiger partial charge < -0.3 is 19.8 Å². The highest BCUT2D eigenvalue weighted by atomic mass is 16.5. The molecule has 0 bridgehead atoms. The van der Waals surface area contributed by atoms with Crippen molar-refractivity contribution in [2.24, 2.45) is 0 Å². The van der Waals surface area contributed by atoms with Gasteiger partial charge in [-0.1, -0.05) is 33.8 Å². The number of benzene rings is 2. The first-order valence-electron chi connectivity index (χ1n) is 12.7. The van der Waals surface area contributed by atoms with E-state index in [-0.39, 0.29) is 24.2 Å². The highest BCUT2D eigenvalue weighted by molar-refractivity contribution is 5.89. The Hall–Kier alpha value is -3.38. The molecule has 190 valence electrons. The molecule has 6 heteroatoms. The number of hydrogen-bond donors (Lipinski definition) is 2. The van der Waals surface area contributed by atoms with Gasteiger partial charge >= 0.3 is 5.97 Å². The molecule has 0 atom stereocenters. The Morgan fingerprint density at radius 2 is 1.75 bits per heavy atom. The number of ether oxygens (including phenoxy) is 1. The molecule has 1 aromatic heterocycles. The highest BCUT2D eigenvalue weighted by Gasteiger charge is 2.24. The summed E-state index contributed by atoms with van der Waals surface area (Å²) in [6.07, 6.45) is 2.98. The molecule has 0 amide bonds. The molecular formula is C30H36N2O4. The van der Waals surface area contributed by atoms with Gasteiger partial charge in [-0.2, -0.15) is 0 Å². The molecule has 2 heterocycles. The molecule has 2 aromatic carbocycles. The number of pyridine rings is 1. The maximum absolute atomic E-state index is 11.6. The Morgan fingerprint density at radius 3 is 2.39 bits per heavy atom. The summed E-state index contributed by atoms with van der Waals surface area (Å²) < 4.78 is 5.92. The van der Waals surface area contributed by atoms with Gasteiger partial charge in [-0.15, -0.1) is 0 Å². The number of carboxylic acids is 1. The van der Waals surface area contributed by atoms with Crippen LogP contribution in [0.3, 0.4) is 0 Å². The summed E-state index contributed by atoms with van der Waals surface area (Å²) in [7, 11) is 0. The molecule has 4 rings (SSSR count). The second-order valence-electron chi connectivity index (χ2n) is 10.3. The van der Waals surface area contributed by atoms with Crippen LogP contribution in [0.25, 0.3) is 22.4 Å². The Labute approximate surface area is 213 Å². The van der Waals surface area contributed by atoms with Crippen molar-refractivity contribution < 1.29 is 19.7 Å². The van der Waals surface area contributed by atoms with Crippen LogP contribution in [0.4, 0.5) is 5.69 Å². The van der Waals surface area contributed by atoms with Gasteiger partial charge in [0.15, 0.2) is 0 Å². The number of rotatable bonds is 8. The Morgan fingerprint density at radius 1 is 1.03 bits per heavy atom. The summed E-state index contributed by atoms with van der Waals surface area (Å²) in [4.78, 5) is 18.7. The van der Waals surface area contributed by atoms with Crippen molar-refractivity contribution >= 4 is 11.7 Å². The number of aryl methyl sites for hydroxylation is 1. The lowest BCUT2D eigenvalue weighted by molar-refractivity contribution is 0.0695. The molecule has 1 saturated heterocycles.